The molecule has 0 fully saturated rings. The summed E-state index contributed by atoms with van der Waals surface area (Å²) in [5.41, 5.74) is 3.81. The number of hydrogen-bond acceptors (Lipinski definition) is 6. The van der Waals surface area contributed by atoms with Crippen LogP contribution < -0.4 is 19.8 Å². The van der Waals surface area contributed by atoms with E-state index in [2.05, 4.69) is 5.32 Å². The van der Waals surface area contributed by atoms with Crippen LogP contribution in [0.5, 0.6) is 11.5 Å². The van der Waals surface area contributed by atoms with E-state index in [0.29, 0.717) is 22.7 Å². The molecule has 0 bridgehead atoms. The third-order valence-electron chi connectivity index (χ3n) is 4.29. The van der Waals surface area contributed by atoms with Crippen LogP contribution in [0.1, 0.15) is 11.1 Å². The summed E-state index contributed by atoms with van der Waals surface area (Å²) in [6.07, 6.45) is 1.08. The molecule has 0 aromatic heterocycles. The van der Waals surface area contributed by atoms with Crippen molar-refractivity contribution in [3.63, 3.8) is 0 Å². The Morgan fingerprint density at radius 1 is 1.22 bits per heavy atom. The van der Waals surface area contributed by atoms with Gasteiger partial charge in [0.2, 0.25) is 10.0 Å². The van der Waals surface area contributed by atoms with Crippen molar-refractivity contribution in [3.05, 3.63) is 53.6 Å². The molecule has 0 aliphatic carbocycles. The number of anilines is 1. The quantitative estimate of drug-likeness (QED) is 0.539. The smallest absolute Gasteiger partial charge is 0.262 e. The van der Waals surface area contributed by atoms with Crippen LogP contribution >= 0.6 is 0 Å². The molecule has 9 heteroatoms. The van der Waals surface area contributed by atoms with Gasteiger partial charge in [0.15, 0.2) is 0 Å². The fourth-order valence-corrected chi connectivity index (χ4v) is 3.84. The first-order valence-corrected chi connectivity index (χ1v) is 10.2. The fraction of sp³-hybridized carbons (Fsp3) is 0.278. The highest BCUT2D eigenvalue weighted by Gasteiger charge is 2.31. The lowest BCUT2D eigenvalue weighted by atomic mass is 10.1. The number of amides is 1. The number of carbonyl (C=O) groups is 1. The fourth-order valence-electron chi connectivity index (χ4n) is 2.88. The van der Waals surface area contributed by atoms with Crippen molar-refractivity contribution in [1.82, 2.24) is 10.8 Å². The second-order valence-corrected chi connectivity index (χ2v) is 8.32. The Morgan fingerprint density at radius 2 is 1.89 bits per heavy atom. The van der Waals surface area contributed by atoms with E-state index in [4.69, 9.17) is 9.94 Å². The molecule has 3 N–H and O–H groups in total. The summed E-state index contributed by atoms with van der Waals surface area (Å²) < 4.78 is 31.5. The van der Waals surface area contributed by atoms with Gasteiger partial charge < -0.3 is 10.1 Å². The second-order valence-electron chi connectivity index (χ2n) is 6.41. The summed E-state index contributed by atoms with van der Waals surface area (Å²) in [6, 6.07) is 11.8. The number of hydroxylamine groups is 1. The van der Waals surface area contributed by atoms with Crippen molar-refractivity contribution in [2.24, 2.45) is 0 Å². The summed E-state index contributed by atoms with van der Waals surface area (Å²) in [5, 5.41) is 11.8. The number of sulfonamides is 1. The SMILES string of the molecule is Cc1ccc(Oc2ccc3c(c2)CN[C@H](C(=O)NO)CN3S(C)(=O)=O)cc1. The number of fused-ring (bicyclic) bond motifs is 1. The van der Waals surface area contributed by atoms with E-state index in [1.54, 1.807) is 23.7 Å². The molecule has 1 aliphatic heterocycles. The maximum Gasteiger partial charge on any atom is 0.262 e. The zero-order valence-corrected chi connectivity index (χ0v) is 15.8. The first kappa shape index (κ1) is 19.2. The minimum atomic E-state index is -3.62. The van der Waals surface area contributed by atoms with E-state index in [0.717, 1.165) is 16.1 Å². The van der Waals surface area contributed by atoms with Crippen molar-refractivity contribution in [2.45, 2.75) is 19.5 Å². The topological polar surface area (TPSA) is 108 Å². The molecule has 2 aromatic rings. The van der Waals surface area contributed by atoms with Gasteiger partial charge in [0.05, 0.1) is 18.5 Å². The first-order chi connectivity index (χ1) is 12.8. The Bertz CT molecular complexity index is 944. The van der Waals surface area contributed by atoms with Gasteiger partial charge in [0, 0.05) is 6.54 Å². The summed E-state index contributed by atoms with van der Waals surface area (Å²) in [5.74, 6) is 0.519. The van der Waals surface area contributed by atoms with Crippen molar-refractivity contribution >= 4 is 21.6 Å². The number of aryl methyl sites for hydroxylation is 1. The van der Waals surface area contributed by atoms with Gasteiger partial charge in [-0.05, 0) is 42.8 Å². The van der Waals surface area contributed by atoms with Gasteiger partial charge in [-0.25, -0.2) is 13.9 Å². The molecule has 144 valence electrons. The van der Waals surface area contributed by atoms with Crippen LogP contribution in [0.25, 0.3) is 0 Å². The Morgan fingerprint density at radius 3 is 2.52 bits per heavy atom. The van der Waals surface area contributed by atoms with Crippen LogP contribution in [0.15, 0.2) is 42.5 Å². The Hall–Kier alpha value is -2.62. The van der Waals surface area contributed by atoms with Crippen molar-refractivity contribution in [1.29, 1.82) is 0 Å². The molecule has 1 amide bonds. The molecule has 0 radical (unpaired) electrons. The normalized spacial score (nSPS) is 17.0. The summed E-state index contributed by atoms with van der Waals surface area (Å²) in [7, 11) is -3.62. The number of hydrogen-bond donors (Lipinski definition) is 3. The highest BCUT2D eigenvalue weighted by atomic mass is 32.2. The maximum absolute atomic E-state index is 12.2. The Balaban J connectivity index is 1.93. The molecule has 0 saturated heterocycles. The molecule has 8 nitrogen and oxygen atoms in total. The zero-order chi connectivity index (χ0) is 19.6. The molecular formula is C18H21N3O5S. The maximum atomic E-state index is 12.2. The largest absolute Gasteiger partial charge is 0.457 e. The van der Waals surface area contributed by atoms with E-state index in [9.17, 15) is 13.2 Å². The third kappa shape index (κ3) is 4.38. The van der Waals surface area contributed by atoms with Crippen molar-refractivity contribution in [3.8, 4) is 11.5 Å². The van der Waals surface area contributed by atoms with Crippen LogP contribution in [0.3, 0.4) is 0 Å². The van der Waals surface area contributed by atoms with E-state index in [-0.39, 0.29) is 13.1 Å². The van der Waals surface area contributed by atoms with Crippen LogP contribution in [-0.4, -0.2) is 38.4 Å². The van der Waals surface area contributed by atoms with Gasteiger partial charge in [-0.2, -0.15) is 0 Å². The van der Waals surface area contributed by atoms with Gasteiger partial charge in [0.1, 0.15) is 17.5 Å². The molecule has 0 spiro atoms. The van der Waals surface area contributed by atoms with Crippen LogP contribution in [-0.2, 0) is 21.4 Å². The Kier molecular flexibility index (Phi) is 5.36. The van der Waals surface area contributed by atoms with Crippen molar-refractivity contribution < 1.29 is 23.2 Å². The van der Waals surface area contributed by atoms with Gasteiger partial charge in [0.25, 0.3) is 5.91 Å². The molecule has 3 rings (SSSR count). The number of nitrogens with one attached hydrogen (secondary N) is 2. The van der Waals surface area contributed by atoms with Crippen LogP contribution in [0.4, 0.5) is 5.69 Å². The monoisotopic (exact) mass is 391 g/mol. The number of carbonyl (C=O) groups excluding carboxylic acids is 1. The predicted octanol–water partition coefficient (Wildman–Crippen LogP) is 1.53. The first-order valence-electron chi connectivity index (χ1n) is 8.30. The molecule has 0 saturated carbocycles. The zero-order valence-electron chi connectivity index (χ0n) is 15.0. The van der Waals surface area contributed by atoms with E-state index in [1.165, 1.54) is 0 Å². The Labute approximate surface area is 157 Å². The van der Waals surface area contributed by atoms with Crippen LogP contribution in [0.2, 0.25) is 0 Å². The summed E-state index contributed by atoms with van der Waals surface area (Å²) in [4.78, 5) is 11.8. The molecule has 2 aromatic carbocycles. The lowest BCUT2D eigenvalue weighted by Gasteiger charge is -2.24. The number of benzene rings is 2. The highest BCUT2D eigenvalue weighted by Crippen LogP contribution is 2.31. The summed E-state index contributed by atoms with van der Waals surface area (Å²) >= 11 is 0. The molecule has 0 unspecified atom stereocenters. The van der Waals surface area contributed by atoms with Gasteiger partial charge in [-0.3, -0.25) is 14.3 Å². The lowest BCUT2D eigenvalue weighted by molar-refractivity contribution is -0.131. The number of rotatable bonds is 4. The van der Waals surface area contributed by atoms with Crippen LogP contribution in [0, 0.1) is 6.92 Å². The average molecular weight is 391 g/mol. The lowest BCUT2D eigenvalue weighted by Crippen LogP contribution is -2.49. The van der Waals surface area contributed by atoms with E-state index < -0.39 is 22.0 Å². The van der Waals surface area contributed by atoms with Gasteiger partial charge in [-0.1, -0.05) is 17.7 Å². The number of nitrogens with zero attached hydrogens (tertiary/aromatic N) is 1. The standard InChI is InChI=1S/C18H21N3O5S/c1-12-3-5-14(6-4-12)26-15-7-8-17-13(9-15)10-19-16(18(22)20-23)11-21(17)27(2,24)25/h3-9,16,19,23H,10-11H2,1-2H3,(H,20,22)/t16-/m0/s1. The second kappa shape index (κ2) is 7.55. The minimum Gasteiger partial charge on any atom is -0.457 e. The van der Waals surface area contributed by atoms with Gasteiger partial charge >= 0.3 is 0 Å². The highest BCUT2D eigenvalue weighted by molar-refractivity contribution is 7.92. The number of ether oxygens (including phenoxy) is 1. The molecule has 1 aliphatic rings. The minimum absolute atomic E-state index is 0.129. The third-order valence-corrected chi connectivity index (χ3v) is 5.44. The van der Waals surface area contributed by atoms with E-state index in [1.807, 2.05) is 31.2 Å². The summed E-state index contributed by atoms with van der Waals surface area (Å²) in [6.45, 7) is 2.09. The van der Waals surface area contributed by atoms with Crippen molar-refractivity contribution in [2.75, 3.05) is 17.1 Å². The molecule has 1 heterocycles. The predicted molar refractivity (Wildman–Crippen MR) is 100 cm³/mol. The molecule has 27 heavy (non-hydrogen) atoms. The van der Waals surface area contributed by atoms with E-state index >= 15 is 0 Å². The average Bonchev–Trinajstić information content (AvgIpc) is 2.82. The molecule has 1 atom stereocenters. The molecular weight excluding hydrogens is 370 g/mol. The van der Waals surface area contributed by atoms with Gasteiger partial charge in [-0.15, -0.1) is 0 Å².